The number of hydrogen-bond donors (Lipinski definition) is 0. The lowest BCUT2D eigenvalue weighted by Gasteiger charge is -2.07. The Labute approximate surface area is 182 Å². The Kier molecular flexibility index (Phi) is 5.52. The number of para-hydroxylation sites is 1. The van der Waals surface area contributed by atoms with E-state index in [1.807, 2.05) is 55.7 Å². The van der Waals surface area contributed by atoms with E-state index in [0.717, 1.165) is 10.2 Å². The van der Waals surface area contributed by atoms with Crippen LogP contribution in [0.15, 0.2) is 56.2 Å². The molecule has 0 aliphatic heterocycles. The third-order valence-corrected chi connectivity index (χ3v) is 7.18. The van der Waals surface area contributed by atoms with Crippen molar-refractivity contribution in [2.24, 2.45) is 7.05 Å². The molecule has 8 nitrogen and oxygen atoms in total. The number of Topliss-reactive ketones (excluding diaryl/α,β-unsaturated/α-hetero) is 1. The van der Waals surface area contributed by atoms with E-state index < -0.39 is 0 Å². The van der Waals surface area contributed by atoms with E-state index in [2.05, 4.69) is 31.5 Å². The fraction of sp³-hybridized carbons (Fsp3) is 0.167. The van der Waals surface area contributed by atoms with Gasteiger partial charge in [-0.2, -0.15) is 4.68 Å². The number of rotatable bonds is 6. The summed E-state index contributed by atoms with van der Waals surface area (Å²) in [5.74, 6) is 0.135. The Morgan fingerprint density at radius 1 is 1.24 bits per heavy atom. The second kappa shape index (κ2) is 8.09. The Balaban J connectivity index is 1.68. The van der Waals surface area contributed by atoms with Gasteiger partial charge in [0.25, 0.3) is 5.56 Å². The van der Waals surface area contributed by atoms with E-state index in [9.17, 15) is 9.59 Å². The molecule has 0 fully saturated rings. The standard InChI is InChI=1S/C18H15BrN6O2S2/c1-11-15(17(27)25(23(11)2)12-6-4-3-5-7-12)24-18(20-21-22-24)29-10-14(26)16-13(19)8-9-28-16/h3-9H,10H2,1-2H3. The second-order valence-electron chi connectivity index (χ2n) is 6.09. The molecule has 1 aromatic carbocycles. The highest BCUT2D eigenvalue weighted by molar-refractivity contribution is 9.10. The highest BCUT2D eigenvalue weighted by Gasteiger charge is 2.23. The summed E-state index contributed by atoms with van der Waals surface area (Å²) in [6, 6.07) is 11.2. The van der Waals surface area contributed by atoms with E-state index in [1.54, 1.807) is 9.36 Å². The molecule has 0 bridgehead atoms. The van der Waals surface area contributed by atoms with Crippen molar-refractivity contribution in [2.75, 3.05) is 5.75 Å². The number of thioether (sulfide) groups is 1. The van der Waals surface area contributed by atoms with Gasteiger partial charge in [0.1, 0.15) is 0 Å². The van der Waals surface area contributed by atoms with Gasteiger partial charge in [-0.3, -0.25) is 14.3 Å². The first-order chi connectivity index (χ1) is 14.0. The summed E-state index contributed by atoms with van der Waals surface area (Å²) in [5, 5.41) is 14.0. The van der Waals surface area contributed by atoms with Crippen LogP contribution in [-0.2, 0) is 7.05 Å². The molecule has 0 saturated heterocycles. The number of carbonyl (C=O) groups excluding carboxylic acids is 1. The number of ketones is 1. The van der Waals surface area contributed by atoms with Gasteiger partial charge in [0, 0.05) is 11.5 Å². The molecule has 0 radical (unpaired) electrons. The molecule has 11 heteroatoms. The van der Waals surface area contributed by atoms with Crippen LogP contribution < -0.4 is 5.56 Å². The maximum Gasteiger partial charge on any atom is 0.297 e. The monoisotopic (exact) mass is 490 g/mol. The molecule has 0 spiro atoms. The minimum absolute atomic E-state index is 0.0297. The molecule has 0 N–H and O–H groups in total. The topological polar surface area (TPSA) is 87.6 Å². The molecular weight excluding hydrogens is 476 g/mol. The van der Waals surface area contributed by atoms with Crippen molar-refractivity contribution in [3.63, 3.8) is 0 Å². The summed E-state index contributed by atoms with van der Waals surface area (Å²) in [6.45, 7) is 1.83. The number of nitrogens with zero attached hydrogens (tertiary/aromatic N) is 6. The third-order valence-electron chi connectivity index (χ3n) is 4.38. The molecular formula is C18H15BrN6O2S2. The zero-order valence-corrected chi connectivity index (χ0v) is 18.7. The summed E-state index contributed by atoms with van der Waals surface area (Å²) in [4.78, 5) is 26.3. The van der Waals surface area contributed by atoms with E-state index in [4.69, 9.17) is 0 Å². The SMILES string of the molecule is Cc1c(-n2nnnc2SCC(=O)c2sccc2Br)c(=O)n(-c2ccccc2)n1C. The molecule has 0 amide bonds. The van der Waals surface area contributed by atoms with Crippen LogP contribution in [0.2, 0.25) is 0 Å². The zero-order valence-electron chi connectivity index (χ0n) is 15.4. The van der Waals surface area contributed by atoms with Gasteiger partial charge in [-0.05, 0) is 56.9 Å². The molecule has 4 rings (SSSR count). The number of benzene rings is 1. The van der Waals surface area contributed by atoms with Gasteiger partial charge in [-0.1, -0.05) is 30.0 Å². The minimum Gasteiger partial charge on any atom is -0.292 e. The van der Waals surface area contributed by atoms with Crippen LogP contribution in [0.25, 0.3) is 11.4 Å². The number of thiophene rings is 1. The van der Waals surface area contributed by atoms with Gasteiger partial charge in [0.05, 0.1) is 22.0 Å². The predicted molar refractivity (Wildman–Crippen MR) is 116 cm³/mol. The van der Waals surface area contributed by atoms with Gasteiger partial charge < -0.3 is 0 Å². The lowest BCUT2D eigenvalue weighted by Crippen LogP contribution is -2.22. The summed E-state index contributed by atoms with van der Waals surface area (Å²) >= 11 is 5.95. The first-order valence-electron chi connectivity index (χ1n) is 8.50. The maximum atomic E-state index is 13.2. The molecule has 0 atom stereocenters. The summed E-state index contributed by atoms with van der Waals surface area (Å²) in [6.07, 6.45) is 0. The fourth-order valence-electron chi connectivity index (χ4n) is 2.90. The molecule has 0 saturated carbocycles. The number of carbonyl (C=O) groups is 1. The normalized spacial score (nSPS) is 11.1. The van der Waals surface area contributed by atoms with E-state index in [-0.39, 0.29) is 17.1 Å². The molecule has 0 unspecified atom stereocenters. The van der Waals surface area contributed by atoms with Gasteiger partial charge in [-0.15, -0.1) is 16.4 Å². The molecule has 29 heavy (non-hydrogen) atoms. The largest absolute Gasteiger partial charge is 0.297 e. The molecule has 4 aromatic rings. The zero-order chi connectivity index (χ0) is 20.5. The van der Waals surface area contributed by atoms with Crippen LogP contribution in [0.5, 0.6) is 0 Å². The number of tetrazole rings is 1. The molecule has 148 valence electrons. The summed E-state index contributed by atoms with van der Waals surface area (Å²) in [5.41, 5.74) is 1.57. The molecule has 0 aliphatic carbocycles. The van der Waals surface area contributed by atoms with E-state index in [1.165, 1.54) is 27.8 Å². The Bertz CT molecular complexity index is 1240. The third kappa shape index (κ3) is 3.61. The van der Waals surface area contributed by atoms with Crippen molar-refractivity contribution in [1.29, 1.82) is 0 Å². The van der Waals surface area contributed by atoms with Crippen LogP contribution in [0, 0.1) is 6.92 Å². The Morgan fingerprint density at radius 2 is 2.00 bits per heavy atom. The maximum absolute atomic E-state index is 13.2. The van der Waals surface area contributed by atoms with Crippen molar-refractivity contribution >= 4 is 44.8 Å². The van der Waals surface area contributed by atoms with Crippen molar-refractivity contribution in [3.05, 3.63) is 67.2 Å². The highest BCUT2D eigenvalue weighted by Crippen LogP contribution is 2.26. The van der Waals surface area contributed by atoms with E-state index in [0.29, 0.717) is 21.4 Å². The first kappa shape index (κ1) is 19.8. The average Bonchev–Trinajstić information content (AvgIpc) is 3.40. The lowest BCUT2D eigenvalue weighted by molar-refractivity contribution is 0.102. The van der Waals surface area contributed by atoms with Gasteiger partial charge in [-0.25, -0.2) is 4.68 Å². The summed E-state index contributed by atoms with van der Waals surface area (Å²) in [7, 11) is 1.81. The van der Waals surface area contributed by atoms with Crippen LogP contribution in [0.4, 0.5) is 0 Å². The van der Waals surface area contributed by atoms with Gasteiger partial charge in [0.2, 0.25) is 5.16 Å². The smallest absolute Gasteiger partial charge is 0.292 e. The number of halogens is 1. The lowest BCUT2D eigenvalue weighted by atomic mass is 10.3. The van der Waals surface area contributed by atoms with Crippen LogP contribution in [0.1, 0.15) is 15.4 Å². The van der Waals surface area contributed by atoms with Crippen LogP contribution >= 0.6 is 39.0 Å². The van der Waals surface area contributed by atoms with Gasteiger partial charge >= 0.3 is 0 Å². The quantitative estimate of drug-likeness (QED) is 0.304. The highest BCUT2D eigenvalue weighted by atomic mass is 79.9. The number of aromatic nitrogens is 6. The average molecular weight is 491 g/mol. The van der Waals surface area contributed by atoms with Gasteiger partial charge in [0.15, 0.2) is 11.5 Å². The van der Waals surface area contributed by atoms with E-state index >= 15 is 0 Å². The molecule has 0 aliphatic rings. The summed E-state index contributed by atoms with van der Waals surface area (Å²) < 4.78 is 5.50. The van der Waals surface area contributed by atoms with Crippen molar-refractivity contribution < 1.29 is 4.79 Å². The molecule has 3 aromatic heterocycles. The predicted octanol–water partition coefficient (Wildman–Crippen LogP) is 3.26. The Hall–Kier alpha value is -2.50. The van der Waals surface area contributed by atoms with Crippen molar-refractivity contribution in [1.82, 2.24) is 29.6 Å². The fourth-order valence-corrected chi connectivity index (χ4v) is 5.27. The Morgan fingerprint density at radius 3 is 2.69 bits per heavy atom. The van der Waals surface area contributed by atoms with Crippen LogP contribution in [-0.4, -0.2) is 41.1 Å². The van der Waals surface area contributed by atoms with Crippen LogP contribution in [0.3, 0.4) is 0 Å². The molecule has 3 heterocycles. The first-order valence-corrected chi connectivity index (χ1v) is 11.2. The van der Waals surface area contributed by atoms with Crippen molar-refractivity contribution in [2.45, 2.75) is 12.1 Å². The second-order valence-corrected chi connectivity index (χ2v) is 8.81. The minimum atomic E-state index is -0.238. The van der Waals surface area contributed by atoms with Crippen molar-refractivity contribution in [3.8, 4) is 11.4 Å². The number of hydrogen-bond acceptors (Lipinski definition) is 7.